The molecule has 0 aliphatic heterocycles. The van der Waals surface area contributed by atoms with Crippen LogP contribution in [0.4, 0.5) is 8.78 Å². The fourth-order valence-corrected chi connectivity index (χ4v) is 0.887. The van der Waals surface area contributed by atoms with Crippen LogP contribution >= 0.6 is 0 Å². The van der Waals surface area contributed by atoms with E-state index in [-0.39, 0.29) is 6.42 Å². The molecule has 10 heavy (non-hydrogen) atoms. The minimum atomic E-state index is -1.48. The fourth-order valence-electron chi connectivity index (χ4n) is 0.887. The Kier molecular flexibility index (Phi) is 1.63. The van der Waals surface area contributed by atoms with Crippen molar-refractivity contribution in [2.24, 2.45) is 0 Å². The van der Waals surface area contributed by atoms with Crippen molar-refractivity contribution in [3.05, 3.63) is 23.6 Å². The van der Waals surface area contributed by atoms with Gasteiger partial charge in [0, 0.05) is 6.42 Å². The first-order valence-electron chi connectivity index (χ1n) is 3.26. The summed E-state index contributed by atoms with van der Waals surface area (Å²) in [5.74, 6) is -0.434. The van der Waals surface area contributed by atoms with Gasteiger partial charge in [0.15, 0.2) is 0 Å². The van der Waals surface area contributed by atoms with Gasteiger partial charge in [-0.05, 0) is 25.5 Å². The first-order chi connectivity index (χ1) is 4.51. The molecule has 1 unspecified atom stereocenters. The molecule has 0 saturated carbocycles. The standard InChI is InChI=1S/C8H10F2/c1-6-3-4-8(2,10)5-7(6)9/h3,5H,4H2,1-2H3. The van der Waals surface area contributed by atoms with Crippen LogP contribution in [0.15, 0.2) is 23.6 Å². The van der Waals surface area contributed by atoms with Crippen molar-refractivity contribution in [3.8, 4) is 0 Å². The molecule has 0 saturated heterocycles. The zero-order valence-electron chi connectivity index (χ0n) is 6.12. The van der Waals surface area contributed by atoms with Crippen LogP contribution in [-0.2, 0) is 0 Å². The highest BCUT2D eigenvalue weighted by Crippen LogP contribution is 2.29. The second-order valence-electron chi connectivity index (χ2n) is 2.86. The number of hydrogen-bond donors (Lipinski definition) is 0. The SMILES string of the molecule is CC1=CCC(C)(F)C=C1F. The second-order valence-corrected chi connectivity index (χ2v) is 2.86. The van der Waals surface area contributed by atoms with Gasteiger partial charge in [-0.15, -0.1) is 0 Å². The number of halogens is 2. The third-order valence-corrected chi connectivity index (χ3v) is 1.61. The van der Waals surface area contributed by atoms with E-state index in [1.807, 2.05) is 0 Å². The molecule has 1 aliphatic carbocycles. The van der Waals surface area contributed by atoms with E-state index in [0.717, 1.165) is 6.08 Å². The van der Waals surface area contributed by atoms with E-state index in [2.05, 4.69) is 0 Å². The van der Waals surface area contributed by atoms with Gasteiger partial charge in [-0.2, -0.15) is 0 Å². The number of alkyl halides is 1. The molecule has 56 valence electrons. The van der Waals surface area contributed by atoms with E-state index >= 15 is 0 Å². The fraction of sp³-hybridized carbons (Fsp3) is 0.500. The molecule has 0 nitrogen and oxygen atoms in total. The summed E-state index contributed by atoms with van der Waals surface area (Å²) in [6.45, 7) is 3.01. The molecule has 1 atom stereocenters. The highest BCUT2D eigenvalue weighted by atomic mass is 19.1. The summed E-state index contributed by atoms with van der Waals surface area (Å²) in [4.78, 5) is 0. The molecular formula is C8H10F2. The summed E-state index contributed by atoms with van der Waals surface area (Å²) < 4.78 is 25.6. The lowest BCUT2D eigenvalue weighted by molar-refractivity contribution is 0.253. The molecule has 0 aromatic heterocycles. The van der Waals surface area contributed by atoms with Crippen LogP contribution in [0, 0.1) is 0 Å². The van der Waals surface area contributed by atoms with Gasteiger partial charge in [0.25, 0.3) is 0 Å². The van der Waals surface area contributed by atoms with Gasteiger partial charge in [0.1, 0.15) is 11.5 Å². The van der Waals surface area contributed by atoms with Gasteiger partial charge in [0.2, 0.25) is 0 Å². The van der Waals surface area contributed by atoms with Crippen molar-refractivity contribution in [3.63, 3.8) is 0 Å². The molecule has 2 heteroatoms. The Morgan fingerprint density at radius 3 is 2.60 bits per heavy atom. The Balaban J connectivity index is 2.87. The molecule has 0 aromatic carbocycles. The second kappa shape index (κ2) is 2.19. The molecule has 0 radical (unpaired) electrons. The van der Waals surface area contributed by atoms with E-state index in [9.17, 15) is 8.78 Å². The van der Waals surface area contributed by atoms with Crippen molar-refractivity contribution in [1.29, 1.82) is 0 Å². The molecule has 0 amide bonds. The summed E-state index contributed by atoms with van der Waals surface area (Å²) in [5.41, 5.74) is -0.945. The maximum atomic E-state index is 12.9. The van der Waals surface area contributed by atoms with E-state index in [4.69, 9.17) is 0 Å². The summed E-state index contributed by atoms with van der Waals surface area (Å²) in [6, 6.07) is 0. The van der Waals surface area contributed by atoms with Crippen LogP contribution < -0.4 is 0 Å². The summed E-state index contributed by atoms with van der Waals surface area (Å²) >= 11 is 0. The smallest absolute Gasteiger partial charge is 0.132 e. The minimum absolute atomic E-state index is 0.284. The predicted octanol–water partition coefficient (Wildman–Crippen LogP) is 2.92. The maximum Gasteiger partial charge on any atom is 0.132 e. The molecule has 0 heterocycles. The van der Waals surface area contributed by atoms with Crippen LogP contribution in [0.1, 0.15) is 20.3 Å². The van der Waals surface area contributed by atoms with Gasteiger partial charge in [-0.3, -0.25) is 0 Å². The van der Waals surface area contributed by atoms with Crippen molar-refractivity contribution in [2.45, 2.75) is 25.9 Å². The van der Waals surface area contributed by atoms with Crippen LogP contribution in [-0.4, -0.2) is 5.67 Å². The van der Waals surface area contributed by atoms with E-state index in [1.54, 1.807) is 13.0 Å². The normalized spacial score (nSPS) is 33.2. The van der Waals surface area contributed by atoms with E-state index in [1.165, 1.54) is 6.92 Å². The van der Waals surface area contributed by atoms with E-state index < -0.39 is 11.5 Å². The lowest BCUT2D eigenvalue weighted by atomic mass is 9.96. The Morgan fingerprint density at radius 1 is 1.60 bits per heavy atom. The van der Waals surface area contributed by atoms with Gasteiger partial charge in [0.05, 0.1) is 0 Å². The third-order valence-electron chi connectivity index (χ3n) is 1.61. The van der Waals surface area contributed by atoms with Crippen molar-refractivity contribution in [1.82, 2.24) is 0 Å². The molecule has 0 spiro atoms. The van der Waals surface area contributed by atoms with Gasteiger partial charge >= 0.3 is 0 Å². The van der Waals surface area contributed by atoms with Crippen molar-refractivity contribution in [2.75, 3.05) is 0 Å². The topological polar surface area (TPSA) is 0 Å². The maximum absolute atomic E-state index is 12.9. The van der Waals surface area contributed by atoms with Crippen LogP contribution in [0.3, 0.4) is 0 Å². The first-order valence-corrected chi connectivity index (χ1v) is 3.26. The number of allylic oxidation sites excluding steroid dienone is 4. The lowest BCUT2D eigenvalue weighted by Gasteiger charge is -2.18. The molecular weight excluding hydrogens is 134 g/mol. The highest BCUT2D eigenvalue weighted by molar-refractivity contribution is 5.30. The zero-order chi connectivity index (χ0) is 7.78. The largest absolute Gasteiger partial charge is 0.239 e. The van der Waals surface area contributed by atoms with Gasteiger partial charge in [-0.25, -0.2) is 8.78 Å². The van der Waals surface area contributed by atoms with Crippen LogP contribution in [0.5, 0.6) is 0 Å². The Morgan fingerprint density at radius 2 is 2.20 bits per heavy atom. The molecule has 0 fully saturated rings. The quantitative estimate of drug-likeness (QED) is 0.490. The molecule has 0 bridgehead atoms. The number of rotatable bonds is 0. The minimum Gasteiger partial charge on any atom is -0.239 e. The monoisotopic (exact) mass is 144 g/mol. The molecule has 1 aliphatic rings. The average molecular weight is 144 g/mol. The third kappa shape index (κ3) is 1.43. The zero-order valence-corrected chi connectivity index (χ0v) is 6.12. The molecule has 0 N–H and O–H groups in total. The summed E-state index contributed by atoms with van der Waals surface area (Å²) in [6.07, 6.45) is 2.89. The van der Waals surface area contributed by atoms with Crippen molar-refractivity contribution < 1.29 is 8.78 Å². The summed E-state index contributed by atoms with van der Waals surface area (Å²) in [5, 5.41) is 0. The Bertz CT molecular complexity index is 199. The Labute approximate surface area is 59.2 Å². The van der Waals surface area contributed by atoms with Crippen molar-refractivity contribution >= 4 is 0 Å². The summed E-state index contributed by atoms with van der Waals surface area (Å²) in [7, 11) is 0. The lowest BCUT2D eigenvalue weighted by Crippen LogP contribution is -2.16. The van der Waals surface area contributed by atoms with Crippen LogP contribution in [0.25, 0.3) is 0 Å². The van der Waals surface area contributed by atoms with E-state index in [0.29, 0.717) is 5.57 Å². The number of hydrogen-bond acceptors (Lipinski definition) is 0. The van der Waals surface area contributed by atoms with Crippen LogP contribution in [0.2, 0.25) is 0 Å². The van der Waals surface area contributed by atoms with Gasteiger partial charge < -0.3 is 0 Å². The average Bonchev–Trinajstić information content (AvgIpc) is 1.79. The Hall–Kier alpha value is -0.660. The first kappa shape index (κ1) is 7.45. The molecule has 0 aromatic rings. The van der Waals surface area contributed by atoms with Gasteiger partial charge in [-0.1, -0.05) is 6.08 Å². The highest BCUT2D eigenvalue weighted by Gasteiger charge is 2.23. The predicted molar refractivity (Wildman–Crippen MR) is 37.1 cm³/mol. The molecule has 1 rings (SSSR count).